The Labute approximate surface area is 121 Å². The molecule has 0 aliphatic carbocycles. The van der Waals surface area contributed by atoms with Gasteiger partial charge in [0, 0.05) is 34.1 Å². The van der Waals surface area contributed by atoms with Crippen LogP contribution in [0.4, 0.5) is 0 Å². The molecule has 0 bridgehead atoms. The quantitative estimate of drug-likeness (QED) is 0.540. The smallest absolute Gasteiger partial charge is 0.394 e. The minimum Gasteiger partial charge on any atom is -0.493 e. The third-order valence-electron chi connectivity index (χ3n) is 1.82. The van der Waals surface area contributed by atoms with Gasteiger partial charge < -0.3 is 4.74 Å². The number of hydrogen-bond acceptors (Lipinski definition) is 3. The molecule has 5 nitrogen and oxygen atoms in total. The molecule has 2 radical (unpaired) electrons. The molecule has 0 spiro atoms. The minimum absolute atomic E-state index is 0. The van der Waals surface area contributed by atoms with Gasteiger partial charge in [-0.3, -0.25) is 9.11 Å². The van der Waals surface area contributed by atoms with E-state index in [9.17, 15) is 0 Å². The molecule has 1 aromatic rings. The Morgan fingerprint density at radius 3 is 2.18 bits per heavy atom. The summed E-state index contributed by atoms with van der Waals surface area (Å²) >= 11 is 0. The Hall–Kier alpha value is -0.0710. The molecule has 0 aromatic heterocycles. The average Bonchev–Trinajstić information content (AvgIpc) is 2.16. The van der Waals surface area contributed by atoms with E-state index in [1.54, 1.807) is 0 Å². The third-order valence-corrected chi connectivity index (χ3v) is 1.82. The van der Waals surface area contributed by atoms with Crippen LogP contribution in [0.2, 0.25) is 0 Å². The van der Waals surface area contributed by atoms with Crippen molar-refractivity contribution in [2.45, 2.75) is 12.8 Å². The van der Waals surface area contributed by atoms with Crippen LogP contribution in [0, 0.1) is 0 Å². The van der Waals surface area contributed by atoms with Crippen LogP contribution in [0.5, 0.6) is 5.75 Å². The van der Waals surface area contributed by atoms with Crippen molar-refractivity contribution in [3.63, 3.8) is 0 Å². The van der Waals surface area contributed by atoms with E-state index in [1.807, 2.05) is 12.1 Å². The standard InChI is InChI=1S/C9H10O.2Cu.H2O4S/c1-2-6-9-8(4-1)5-3-7-10-9;;;1-5(2,3)4/h1-2,4,6H,3,5,7H2;;;(H2,1,2,3,4). The maximum absolute atomic E-state index is 8.74. The van der Waals surface area contributed by atoms with Gasteiger partial charge in [-0.15, -0.1) is 0 Å². The number of aryl methyl sites for hydroxylation is 1. The molecular weight excluding hydrogens is 347 g/mol. The van der Waals surface area contributed by atoms with Crippen LogP contribution in [0.3, 0.4) is 0 Å². The largest absolute Gasteiger partial charge is 0.493 e. The first-order valence-corrected chi connectivity index (χ1v) is 5.77. The summed E-state index contributed by atoms with van der Waals surface area (Å²) in [5, 5.41) is 0. The second-order valence-electron chi connectivity index (χ2n) is 3.01. The number of hydrogen-bond donors (Lipinski definition) is 2. The Morgan fingerprint density at radius 2 is 1.65 bits per heavy atom. The summed E-state index contributed by atoms with van der Waals surface area (Å²) in [6, 6.07) is 8.25. The van der Waals surface area contributed by atoms with Crippen molar-refractivity contribution in [3.8, 4) is 5.75 Å². The van der Waals surface area contributed by atoms with Gasteiger partial charge in [-0.25, -0.2) is 0 Å². The fraction of sp³-hybridized carbons (Fsp3) is 0.333. The Morgan fingerprint density at radius 1 is 1.12 bits per heavy atom. The molecule has 17 heavy (non-hydrogen) atoms. The Kier molecular flexibility index (Phi) is 10.1. The van der Waals surface area contributed by atoms with Crippen molar-refractivity contribution in [1.82, 2.24) is 0 Å². The molecule has 106 valence electrons. The monoisotopic (exact) mass is 358 g/mol. The normalized spacial score (nSPS) is 12.6. The van der Waals surface area contributed by atoms with E-state index in [-0.39, 0.29) is 34.1 Å². The summed E-state index contributed by atoms with van der Waals surface area (Å²) in [5.74, 6) is 1.08. The second-order valence-corrected chi connectivity index (χ2v) is 3.90. The average molecular weight is 359 g/mol. The van der Waals surface area contributed by atoms with Gasteiger partial charge in [0.2, 0.25) is 0 Å². The minimum atomic E-state index is -4.67. The van der Waals surface area contributed by atoms with Gasteiger partial charge in [-0.2, -0.15) is 8.42 Å². The Bertz CT molecular complexity index is 388. The molecule has 1 heterocycles. The van der Waals surface area contributed by atoms with E-state index in [0.717, 1.165) is 18.8 Å². The second kappa shape index (κ2) is 8.94. The summed E-state index contributed by atoms with van der Waals surface area (Å²) in [5.41, 5.74) is 1.36. The SMILES string of the molecule is O=S(=O)(O)O.[Cu].[Cu].c1ccc2c(c1)CCCO2. The predicted octanol–water partition coefficient (Wildman–Crippen LogP) is 1.35. The van der Waals surface area contributed by atoms with Crippen molar-refractivity contribution < 1.29 is 56.4 Å². The van der Waals surface area contributed by atoms with E-state index in [2.05, 4.69) is 12.1 Å². The molecule has 0 atom stereocenters. The van der Waals surface area contributed by atoms with Gasteiger partial charge in [-0.05, 0) is 24.5 Å². The molecule has 0 amide bonds. The number of benzene rings is 1. The predicted molar refractivity (Wildman–Crippen MR) is 54.4 cm³/mol. The molecule has 0 saturated heterocycles. The topological polar surface area (TPSA) is 83.8 Å². The number of rotatable bonds is 0. The maximum atomic E-state index is 8.74. The van der Waals surface area contributed by atoms with Crippen LogP contribution >= 0.6 is 0 Å². The van der Waals surface area contributed by atoms with E-state index in [1.165, 1.54) is 12.0 Å². The van der Waals surface area contributed by atoms with E-state index < -0.39 is 10.4 Å². The van der Waals surface area contributed by atoms with Gasteiger partial charge >= 0.3 is 10.4 Å². The molecule has 1 aliphatic rings. The fourth-order valence-corrected chi connectivity index (χ4v) is 1.30. The first-order chi connectivity index (χ1) is 6.97. The van der Waals surface area contributed by atoms with Gasteiger partial charge in [-0.1, -0.05) is 18.2 Å². The molecule has 0 unspecified atom stereocenters. The summed E-state index contributed by atoms with van der Waals surface area (Å²) in [4.78, 5) is 0. The molecule has 0 saturated carbocycles. The summed E-state index contributed by atoms with van der Waals surface area (Å²) in [7, 11) is -4.67. The third kappa shape index (κ3) is 9.61. The first-order valence-electron chi connectivity index (χ1n) is 4.37. The van der Waals surface area contributed by atoms with E-state index in [4.69, 9.17) is 22.3 Å². The molecular formula is C9H12Cu2O5S. The first kappa shape index (κ1) is 19.3. The van der Waals surface area contributed by atoms with Crippen molar-refractivity contribution in [2.24, 2.45) is 0 Å². The molecule has 2 rings (SSSR count). The van der Waals surface area contributed by atoms with Gasteiger partial charge in [0.1, 0.15) is 5.75 Å². The van der Waals surface area contributed by atoms with Crippen molar-refractivity contribution in [2.75, 3.05) is 6.61 Å². The summed E-state index contributed by atoms with van der Waals surface area (Å²) in [6.45, 7) is 0.886. The van der Waals surface area contributed by atoms with Crippen LogP contribution in [-0.4, -0.2) is 24.1 Å². The number of fused-ring (bicyclic) bond motifs is 1. The summed E-state index contributed by atoms with van der Waals surface area (Å²) < 4.78 is 37.0. The van der Waals surface area contributed by atoms with Crippen LogP contribution in [0.15, 0.2) is 24.3 Å². The molecule has 8 heteroatoms. The number of ether oxygens (including phenoxy) is 1. The van der Waals surface area contributed by atoms with Crippen LogP contribution in [0.1, 0.15) is 12.0 Å². The summed E-state index contributed by atoms with van der Waals surface area (Å²) in [6.07, 6.45) is 2.34. The van der Waals surface area contributed by atoms with Crippen LogP contribution < -0.4 is 4.74 Å². The molecule has 1 aromatic carbocycles. The molecule has 1 aliphatic heterocycles. The Balaban J connectivity index is 0. The van der Waals surface area contributed by atoms with Gasteiger partial charge in [0.15, 0.2) is 0 Å². The van der Waals surface area contributed by atoms with E-state index in [0.29, 0.717) is 0 Å². The zero-order valence-electron chi connectivity index (χ0n) is 8.56. The van der Waals surface area contributed by atoms with Gasteiger partial charge in [0.25, 0.3) is 0 Å². The van der Waals surface area contributed by atoms with E-state index >= 15 is 0 Å². The molecule has 2 N–H and O–H groups in total. The van der Waals surface area contributed by atoms with Crippen molar-refractivity contribution >= 4 is 10.4 Å². The zero-order chi connectivity index (χ0) is 11.3. The van der Waals surface area contributed by atoms with Crippen LogP contribution in [-0.2, 0) is 51.0 Å². The molecule has 0 fully saturated rings. The fourth-order valence-electron chi connectivity index (χ4n) is 1.30. The number of para-hydroxylation sites is 1. The zero-order valence-corrected chi connectivity index (χ0v) is 11.3. The van der Waals surface area contributed by atoms with Crippen molar-refractivity contribution in [1.29, 1.82) is 0 Å². The maximum Gasteiger partial charge on any atom is 0.394 e. The van der Waals surface area contributed by atoms with Crippen molar-refractivity contribution in [3.05, 3.63) is 29.8 Å². The van der Waals surface area contributed by atoms with Crippen LogP contribution in [0.25, 0.3) is 0 Å². The van der Waals surface area contributed by atoms with Gasteiger partial charge in [0.05, 0.1) is 6.61 Å².